The molecule has 0 nitrogen and oxygen atoms in total. The van der Waals surface area contributed by atoms with Gasteiger partial charge in [0.15, 0.2) is 0 Å². The van der Waals surface area contributed by atoms with Crippen molar-refractivity contribution in [1.82, 2.24) is 0 Å². The van der Waals surface area contributed by atoms with Crippen molar-refractivity contribution in [1.29, 1.82) is 0 Å². The Hall–Kier alpha value is 2.97. The first-order chi connectivity index (χ1) is 9.14. The Morgan fingerprint density at radius 1 is 0.565 bits per heavy atom. The van der Waals surface area contributed by atoms with E-state index >= 15 is 0 Å². The van der Waals surface area contributed by atoms with Crippen molar-refractivity contribution >= 4 is 123 Å². The van der Waals surface area contributed by atoms with E-state index in [0.29, 0.717) is 0 Å². The standard InChI is InChI=1S/C6H6Cl9S.F6P/c1-16(2)3(4(7,8)9,5(10,11)12)6(13,14)15;1-7(2,3,4,5)6/h1-2H3;/q+1;-1. The molecule has 17 heteroatoms. The molecule has 0 saturated heterocycles. The summed E-state index contributed by atoms with van der Waals surface area (Å²) in [4.78, 5) is 0. The molecule has 0 N–H and O–H groups in total. The maximum atomic E-state index is 9.87. The minimum absolute atomic E-state index is 0.808. The Labute approximate surface area is 175 Å². The topological polar surface area (TPSA) is 0 Å². The van der Waals surface area contributed by atoms with Gasteiger partial charge in [-0.2, -0.15) is 0 Å². The molecule has 0 fully saturated rings. The summed E-state index contributed by atoms with van der Waals surface area (Å²) in [7, 11) is -11.5. The van der Waals surface area contributed by atoms with Crippen LogP contribution < -0.4 is 0 Å². The monoisotopic (exact) mass is 570 g/mol. The number of hydrogen-bond acceptors (Lipinski definition) is 0. The van der Waals surface area contributed by atoms with E-state index in [4.69, 9.17) is 104 Å². The summed E-state index contributed by atoms with van der Waals surface area (Å²) in [6, 6.07) is 0. The third kappa shape index (κ3) is 10.2. The van der Waals surface area contributed by atoms with Crippen LogP contribution in [0.25, 0.3) is 0 Å². The van der Waals surface area contributed by atoms with E-state index in [0.717, 1.165) is 0 Å². The van der Waals surface area contributed by atoms with Gasteiger partial charge in [-0.05, 0) is 0 Å². The Bertz CT molecular complexity index is 370. The molecule has 0 bridgehead atoms. The van der Waals surface area contributed by atoms with Crippen molar-refractivity contribution in [2.45, 2.75) is 16.1 Å². The van der Waals surface area contributed by atoms with Gasteiger partial charge in [0.2, 0.25) is 11.4 Å². The fraction of sp³-hybridized carbons (Fsp3) is 1.00. The molecule has 0 unspecified atom stereocenters. The SMILES string of the molecule is C[S+](C)C(C(Cl)(Cl)Cl)(C(Cl)(Cl)Cl)C(Cl)(Cl)Cl.F[P-](F)(F)(F)(F)F. The molecule has 0 amide bonds. The van der Waals surface area contributed by atoms with Crippen molar-refractivity contribution < 1.29 is 25.2 Å². The van der Waals surface area contributed by atoms with Crippen molar-refractivity contribution in [2.75, 3.05) is 12.5 Å². The van der Waals surface area contributed by atoms with Crippen molar-refractivity contribution in [3.63, 3.8) is 0 Å². The first-order valence-electron chi connectivity index (χ1n) is 4.49. The molecule has 0 atom stereocenters. The van der Waals surface area contributed by atoms with Crippen LogP contribution >= 0.6 is 112 Å². The first kappa shape index (κ1) is 28.2. The molecule has 0 aliphatic heterocycles. The maximum absolute atomic E-state index is 10.7. The number of rotatable bonds is 1. The summed E-state index contributed by atoms with van der Waals surface area (Å²) in [6.07, 6.45) is 3.32. The van der Waals surface area contributed by atoms with Gasteiger partial charge in [-0.3, -0.25) is 0 Å². The van der Waals surface area contributed by atoms with E-state index < -0.39 is 34.8 Å². The van der Waals surface area contributed by atoms with Gasteiger partial charge in [0.05, 0.1) is 12.5 Å². The molecule has 0 heterocycles. The van der Waals surface area contributed by atoms with Gasteiger partial charge >= 0.3 is 33.0 Å². The van der Waals surface area contributed by atoms with Crippen LogP contribution in [0, 0.1) is 0 Å². The summed E-state index contributed by atoms with van der Waals surface area (Å²) in [5.41, 5.74) is 0. The molecule has 0 radical (unpaired) electrons. The van der Waals surface area contributed by atoms with E-state index in [-0.39, 0.29) is 0 Å². The second-order valence-corrected chi connectivity index (χ2v) is 15.0. The zero-order valence-electron chi connectivity index (χ0n) is 10.5. The molecule has 0 aliphatic rings. The number of hydrogen-bond donors (Lipinski definition) is 0. The molecule has 0 aliphatic carbocycles. The number of halogens is 15. The van der Waals surface area contributed by atoms with E-state index in [1.807, 2.05) is 0 Å². The Balaban J connectivity index is 0. The minimum atomic E-state index is -10.7. The van der Waals surface area contributed by atoms with Crippen LogP contribution in [0.4, 0.5) is 25.2 Å². The predicted octanol–water partition coefficient (Wildman–Crippen LogP) is 9.10. The molecule has 0 aromatic rings. The number of alkyl halides is 9. The van der Waals surface area contributed by atoms with Gasteiger partial charge in [-0.15, -0.1) is 0 Å². The van der Waals surface area contributed by atoms with Crippen molar-refractivity contribution in [2.24, 2.45) is 0 Å². The van der Waals surface area contributed by atoms with E-state index in [1.54, 1.807) is 12.5 Å². The third-order valence-electron chi connectivity index (χ3n) is 1.81. The van der Waals surface area contributed by atoms with Crippen LogP contribution in [0.1, 0.15) is 0 Å². The first-order valence-corrected chi connectivity index (χ1v) is 12.0. The zero-order chi connectivity index (χ0) is 20.0. The zero-order valence-corrected chi connectivity index (χ0v) is 19.0. The van der Waals surface area contributed by atoms with Crippen LogP contribution in [0.15, 0.2) is 0 Å². The van der Waals surface area contributed by atoms with Crippen LogP contribution in [0.3, 0.4) is 0 Å². The second-order valence-electron chi connectivity index (χ2n) is 3.95. The molecule has 0 aromatic heterocycles. The summed E-state index contributed by atoms with van der Waals surface area (Å²) in [5.74, 6) is 0. The molecule has 23 heavy (non-hydrogen) atoms. The van der Waals surface area contributed by atoms with Crippen molar-refractivity contribution in [3.8, 4) is 0 Å². The van der Waals surface area contributed by atoms with Gasteiger partial charge in [-0.1, -0.05) is 104 Å². The average molecular weight is 574 g/mol. The Morgan fingerprint density at radius 2 is 0.696 bits per heavy atom. The summed E-state index contributed by atoms with van der Waals surface area (Å²) >= 11 is 52.7. The van der Waals surface area contributed by atoms with Gasteiger partial charge in [0, 0.05) is 10.9 Å². The van der Waals surface area contributed by atoms with Gasteiger partial charge in [0.1, 0.15) is 0 Å². The van der Waals surface area contributed by atoms with Gasteiger partial charge in [-0.25, -0.2) is 0 Å². The quantitative estimate of drug-likeness (QED) is 0.127. The van der Waals surface area contributed by atoms with E-state index in [1.165, 1.54) is 0 Å². The van der Waals surface area contributed by atoms with Crippen LogP contribution in [-0.2, 0) is 10.9 Å². The van der Waals surface area contributed by atoms with Gasteiger partial charge in [0.25, 0.3) is 4.75 Å². The predicted molar refractivity (Wildman–Crippen MR) is 96.4 cm³/mol. The molecule has 0 saturated carbocycles. The molecular formula is C6H6Cl9F6PS. The van der Waals surface area contributed by atoms with E-state index in [9.17, 15) is 25.2 Å². The summed E-state index contributed by atoms with van der Waals surface area (Å²) < 4.78 is 51.2. The molecule has 0 spiro atoms. The second kappa shape index (κ2) is 7.09. The molecule has 146 valence electrons. The summed E-state index contributed by atoms with van der Waals surface area (Å²) in [6.45, 7) is 0. The molecular weight excluding hydrogens is 568 g/mol. The van der Waals surface area contributed by atoms with Gasteiger partial charge < -0.3 is 0 Å². The van der Waals surface area contributed by atoms with E-state index in [2.05, 4.69) is 0 Å². The van der Waals surface area contributed by atoms with Crippen LogP contribution in [0.5, 0.6) is 0 Å². The fourth-order valence-corrected chi connectivity index (χ4v) is 10.6. The summed E-state index contributed by atoms with van der Waals surface area (Å²) in [5, 5.41) is 0. The Morgan fingerprint density at radius 3 is 0.696 bits per heavy atom. The molecule has 0 rings (SSSR count). The van der Waals surface area contributed by atoms with Crippen LogP contribution in [0.2, 0.25) is 0 Å². The fourth-order valence-electron chi connectivity index (χ4n) is 1.18. The normalized spacial score (nSPS) is 18.0. The average Bonchev–Trinajstić information content (AvgIpc) is 1.83. The third-order valence-corrected chi connectivity index (χ3v) is 7.51. The molecule has 0 aromatic carbocycles. The van der Waals surface area contributed by atoms with Crippen LogP contribution in [-0.4, -0.2) is 28.6 Å². The van der Waals surface area contributed by atoms with Crippen molar-refractivity contribution in [3.05, 3.63) is 0 Å². The Kier molecular flexibility index (Phi) is 8.69.